The number of allylic oxidation sites excluding steroid dienone is 2. The Kier molecular flexibility index (Phi) is 4.61. The molecule has 3 amide bonds. The Hall–Kier alpha value is -2.73. The van der Waals surface area contributed by atoms with Crippen molar-refractivity contribution < 1.29 is 14.4 Å². The maximum atomic E-state index is 13.6. The van der Waals surface area contributed by atoms with Gasteiger partial charge in [-0.05, 0) is 59.9 Å². The SMILES string of the molecule is O=C(Nc1ccc(Br)cc1)[C@@H](Cc1ccccc1)N1C(=O)[C@@H]2[C@@H]3C=C[C@H]([C@H]4C[C@H]34)[C@@H]2C1=O. The second-order valence-corrected chi connectivity index (χ2v) is 10.3. The third-order valence-corrected chi connectivity index (χ3v) is 8.22. The Balaban J connectivity index is 1.33. The molecule has 2 aromatic rings. The summed E-state index contributed by atoms with van der Waals surface area (Å²) in [7, 11) is 0. The molecule has 5 nitrogen and oxygen atoms in total. The summed E-state index contributed by atoms with van der Waals surface area (Å²) in [5.41, 5.74) is 1.55. The Bertz CT molecular complexity index is 1090. The highest BCUT2D eigenvalue weighted by atomic mass is 79.9. The number of rotatable bonds is 5. The van der Waals surface area contributed by atoms with E-state index < -0.39 is 6.04 Å². The van der Waals surface area contributed by atoms with Crippen LogP contribution in [0.5, 0.6) is 0 Å². The molecule has 0 unspecified atom stereocenters. The highest BCUT2D eigenvalue weighted by molar-refractivity contribution is 9.10. The van der Waals surface area contributed by atoms with E-state index in [9.17, 15) is 14.4 Å². The van der Waals surface area contributed by atoms with Crippen LogP contribution in [0.25, 0.3) is 0 Å². The molecule has 2 aromatic carbocycles. The molecule has 7 atom stereocenters. The maximum Gasteiger partial charge on any atom is 0.248 e. The van der Waals surface area contributed by atoms with Gasteiger partial charge in [-0.25, -0.2) is 0 Å². The van der Waals surface area contributed by atoms with E-state index in [4.69, 9.17) is 0 Å². The summed E-state index contributed by atoms with van der Waals surface area (Å²) in [5.74, 6) is 0.0705. The molecule has 1 aliphatic heterocycles. The first-order valence-corrected chi connectivity index (χ1v) is 12.0. The molecule has 1 heterocycles. The molecule has 0 radical (unpaired) electrons. The first-order chi connectivity index (χ1) is 15.5. The smallest absolute Gasteiger partial charge is 0.248 e. The van der Waals surface area contributed by atoms with Gasteiger partial charge in [-0.3, -0.25) is 19.3 Å². The number of nitrogens with one attached hydrogen (secondary N) is 1. The zero-order valence-electron chi connectivity index (χ0n) is 17.4. The lowest BCUT2D eigenvalue weighted by Gasteiger charge is -2.37. The van der Waals surface area contributed by atoms with E-state index >= 15 is 0 Å². The van der Waals surface area contributed by atoms with Crippen molar-refractivity contribution in [3.05, 3.63) is 76.8 Å². The van der Waals surface area contributed by atoms with E-state index in [1.165, 1.54) is 4.90 Å². The molecule has 0 spiro atoms. The van der Waals surface area contributed by atoms with E-state index in [1.807, 2.05) is 42.5 Å². The molecule has 1 saturated heterocycles. The van der Waals surface area contributed by atoms with Gasteiger partial charge in [-0.15, -0.1) is 0 Å². The summed E-state index contributed by atoms with van der Waals surface area (Å²) in [4.78, 5) is 42.0. The van der Waals surface area contributed by atoms with Crippen LogP contribution in [0.2, 0.25) is 0 Å². The fraction of sp³-hybridized carbons (Fsp3) is 0.346. The summed E-state index contributed by atoms with van der Waals surface area (Å²) in [5, 5.41) is 2.92. The average molecular weight is 491 g/mol. The van der Waals surface area contributed by atoms with E-state index in [2.05, 4.69) is 33.4 Å². The van der Waals surface area contributed by atoms with Gasteiger partial charge in [-0.2, -0.15) is 0 Å². The van der Waals surface area contributed by atoms with E-state index in [0.717, 1.165) is 16.5 Å². The third-order valence-electron chi connectivity index (χ3n) is 7.69. The molecule has 1 N–H and O–H groups in total. The van der Waals surface area contributed by atoms with Crippen molar-refractivity contribution in [2.24, 2.45) is 35.5 Å². The van der Waals surface area contributed by atoms with Crippen LogP contribution in [0.3, 0.4) is 0 Å². The zero-order valence-corrected chi connectivity index (χ0v) is 18.9. The van der Waals surface area contributed by atoms with Crippen LogP contribution in [0.4, 0.5) is 5.69 Å². The number of hydrogen-bond acceptors (Lipinski definition) is 3. The molecule has 32 heavy (non-hydrogen) atoms. The topological polar surface area (TPSA) is 66.5 Å². The molecule has 4 aliphatic carbocycles. The van der Waals surface area contributed by atoms with Crippen molar-refractivity contribution in [3.63, 3.8) is 0 Å². The van der Waals surface area contributed by atoms with Crippen molar-refractivity contribution in [2.75, 3.05) is 5.32 Å². The van der Waals surface area contributed by atoms with Crippen LogP contribution in [-0.2, 0) is 20.8 Å². The number of benzene rings is 2. The maximum absolute atomic E-state index is 13.6. The lowest BCUT2D eigenvalue weighted by atomic mass is 9.63. The van der Waals surface area contributed by atoms with Gasteiger partial charge in [0, 0.05) is 16.6 Å². The molecule has 162 valence electrons. The predicted molar refractivity (Wildman–Crippen MR) is 123 cm³/mol. The minimum Gasteiger partial charge on any atom is -0.324 e. The highest BCUT2D eigenvalue weighted by Gasteiger charge is 2.67. The van der Waals surface area contributed by atoms with Gasteiger partial charge in [0.1, 0.15) is 6.04 Å². The Morgan fingerprint density at radius 3 is 2.12 bits per heavy atom. The molecule has 2 bridgehead atoms. The fourth-order valence-electron chi connectivity index (χ4n) is 6.18. The summed E-state index contributed by atoms with van der Waals surface area (Å²) in [6, 6.07) is 16.0. The number of hydrogen-bond donors (Lipinski definition) is 1. The van der Waals surface area contributed by atoms with Gasteiger partial charge in [0.25, 0.3) is 0 Å². The van der Waals surface area contributed by atoms with Gasteiger partial charge in [-0.1, -0.05) is 58.4 Å². The molecular formula is C26H23BrN2O3. The van der Waals surface area contributed by atoms with Crippen LogP contribution in [0.15, 0.2) is 71.2 Å². The number of imide groups is 1. The van der Waals surface area contributed by atoms with Crippen LogP contribution in [-0.4, -0.2) is 28.7 Å². The molecule has 0 aromatic heterocycles. The Morgan fingerprint density at radius 2 is 1.53 bits per heavy atom. The first-order valence-electron chi connectivity index (χ1n) is 11.2. The second kappa shape index (κ2) is 7.41. The molecule has 5 aliphatic rings. The number of carbonyl (C=O) groups is 3. The highest BCUT2D eigenvalue weighted by Crippen LogP contribution is 2.65. The average Bonchev–Trinajstić information content (AvgIpc) is 3.58. The first kappa shape index (κ1) is 19.9. The number of anilines is 1. The number of likely N-dealkylation sites (tertiary alicyclic amines) is 1. The van der Waals surface area contributed by atoms with Crippen LogP contribution < -0.4 is 5.32 Å². The van der Waals surface area contributed by atoms with Crippen molar-refractivity contribution in [3.8, 4) is 0 Å². The number of carbonyl (C=O) groups excluding carboxylic acids is 3. The van der Waals surface area contributed by atoms with Gasteiger partial charge in [0.05, 0.1) is 11.8 Å². The predicted octanol–water partition coefficient (Wildman–Crippen LogP) is 4.05. The van der Waals surface area contributed by atoms with E-state index in [1.54, 1.807) is 12.1 Å². The fourth-order valence-corrected chi connectivity index (χ4v) is 6.45. The van der Waals surface area contributed by atoms with Crippen LogP contribution in [0.1, 0.15) is 12.0 Å². The Labute approximate surface area is 195 Å². The van der Waals surface area contributed by atoms with Crippen LogP contribution >= 0.6 is 15.9 Å². The monoisotopic (exact) mass is 490 g/mol. The molecule has 2 saturated carbocycles. The summed E-state index contributed by atoms with van der Waals surface area (Å²) < 4.78 is 0.909. The minimum atomic E-state index is -0.873. The van der Waals surface area contributed by atoms with E-state index in [-0.39, 0.29) is 41.4 Å². The van der Waals surface area contributed by atoms with Crippen molar-refractivity contribution >= 4 is 39.3 Å². The zero-order chi connectivity index (χ0) is 22.0. The number of amides is 3. The molecular weight excluding hydrogens is 468 g/mol. The lowest BCUT2D eigenvalue weighted by molar-refractivity contribution is -0.146. The third kappa shape index (κ3) is 3.07. The van der Waals surface area contributed by atoms with Crippen LogP contribution in [0, 0.1) is 35.5 Å². The summed E-state index contributed by atoms with van der Waals surface area (Å²) >= 11 is 3.40. The second-order valence-electron chi connectivity index (χ2n) is 9.40. The largest absolute Gasteiger partial charge is 0.324 e. The van der Waals surface area contributed by atoms with E-state index in [0.29, 0.717) is 23.9 Å². The van der Waals surface area contributed by atoms with Gasteiger partial charge >= 0.3 is 0 Å². The molecule has 3 fully saturated rings. The quantitative estimate of drug-likeness (QED) is 0.507. The minimum absolute atomic E-state index is 0.142. The van der Waals surface area contributed by atoms with Gasteiger partial charge in [0.2, 0.25) is 17.7 Å². The summed E-state index contributed by atoms with van der Waals surface area (Å²) in [6.45, 7) is 0. The van der Waals surface area contributed by atoms with Crippen molar-refractivity contribution in [2.45, 2.75) is 18.9 Å². The summed E-state index contributed by atoms with van der Waals surface area (Å²) in [6.07, 6.45) is 5.73. The Morgan fingerprint density at radius 1 is 0.938 bits per heavy atom. The van der Waals surface area contributed by atoms with Crippen molar-refractivity contribution in [1.29, 1.82) is 0 Å². The molecule has 6 heteroatoms. The lowest BCUT2D eigenvalue weighted by Crippen LogP contribution is -2.49. The molecule has 7 rings (SSSR count). The standard InChI is InChI=1S/C26H23BrN2O3/c27-15-6-8-16(9-7-15)28-24(30)21(12-14-4-2-1-3-5-14)29-25(31)22-17-10-11-18(20-13-19(17)20)23(22)26(29)32/h1-11,17-23H,12-13H2,(H,28,30)/t17-,18-,19-,20-,21-,22-,23+/m1/s1. The number of halogens is 1. The normalized spacial score (nSPS) is 32.5. The number of nitrogens with zero attached hydrogens (tertiary/aromatic N) is 1. The van der Waals surface area contributed by atoms with Gasteiger partial charge < -0.3 is 5.32 Å². The van der Waals surface area contributed by atoms with Gasteiger partial charge in [0.15, 0.2) is 0 Å². The van der Waals surface area contributed by atoms with Crippen molar-refractivity contribution in [1.82, 2.24) is 4.90 Å².